The van der Waals surface area contributed by atoms with Crippen molar-refractivity contribution in [2.75, 3.05) is 13.1 Å². The Balaban J connectivity index is 2.82. The first kappa shape index (κ1) is 16.2. The molecule has 0 saturated heterocycles. The molecule has 0 bridgehead atoms. The Morgan fingerprint density at radius 2 is 2.05 bits per heavy atom. The predicted molar refractivity (Wildman–Crippen MR) is 82.4 cm³/mol. The summed E-state index contributed by atoms with van der Waals surface area (Å²) in [6, 6.07) is 2.24. The van der Waals surface area contributed by atoms with E-state index >= 15 is 0 Å². The highest BCUT2D eigenvalue weighted by molar-refractivity contribution is 5.11. The molecule has 0 radical (unpaired) electrons. The van der Waals surface area contributed by atoms with E-state index in [1.165, 1.54) is 12.1 Å². The van der Waals surface area contributed by atoms with E-state index in [1.54, 1.807) is 0 Å². The van der Waals surface area contributed by atoms with Crippen LogP contribution in [0.4, 0.5) is 0 Å². The minimum absolute atomic E-state index is 0.286. The number of nitrogens with zero attached hydrogens (tertiary/aromatic N) is 2. The maximum absolute atomic E-state index is 4.57. The molecule has 0 amide bonds. The number of aromatic nitrogens is 2. The second-order valence-corrected chi connectivity index (χ2v) is 6.26. The summed E-state index contributed by atoms with van der Waals surface area (Å²) in [6.45, 7) is 16.6. The largest absolute Gasteiger partial charge is 0.316 e. The molecule has 0 fully saturated rings. The molecular weight excluding hydrogens is 234 g/mol. The zero-order valence-electron chi connectivity index (χ0n) is 13.6. The van der Waals surface area contributed by atoms with Crippen LogP contribution in [-0.4, -0.2) is 22.9 Å². The molecule has 1 rings (SSSR count). The summed E-state index contributed by atoms with van der Waals surface area (Å²) < 4.78 is 2.15. The Morgan fingerprint density at radius 3 is 2.58 bits per heavy atom. The van der Waals surface area contributed by atoms with Crippen molar-refractivity contribution in [1.82, 2.24) is 15.1 Å². The summed E-state index contributed by atoms with van der Waals surface area (Å²) in [7, 11) is 0. The van der Waals surface area contributed by atoms with Gasteiger partial charge in [0.1, 0.15) is 0 Å². The fourth-order valence-corrected chi connectivity index (χ4v) is 2.45. The van der Waals surface area contributed by atoms with Crippen molar-refractivity contribution < 1.29 is 0 Å². The fourth-order valence-electron chi connectivity index (χ4n) is 2.45. The van der Waals surface area contributed by atoms with E-state index in [4.69, 9.17) is 0 Å². The first-order chi connectivity index (χ1) is 8.92. The SMILES string of the molecule is CCCNCC(C)(Cc1cc(C)nn1CC)C(C)C. The smallest absolute Gasteiger partial charge is 0.0596 e. The second kappa shape index (κ2) is 7.09. The van der Waals surface area contributed by atoms with Crippen molar-refractivity contribution in [3.05, 3.63) is 17.5 Å². The van der Waals surface area contributed by atoms with Gasteiger partial charge in [-0.1, -0.05) is 27.7 Å². The summed E-state index contributed by atoms with van der Waals surface area (Å²) in [5.41, 5.74) is 2.79. The van der Waals surface area contributed by atoms with Crippen molar-refractivity contribution in [2.45, 2.75) is 60.9 Å². The van der Waals surface area contributed by atoms with Gasteiger partial charge < -0.3 is 5.32 Å². The fraction of sp³-hybridized carbons (Fsp3) is 0.812. The van der Waals surface area contributed by atoms with E-state index in [2.05, 4.69) is 62.7 Å². The van der Waals surface area contributed by atoms with Crippen LogP contribution in [0.25, 0.3) is 0 Å². The summed E-state index contributed by atoms with van der Waals surface area (Å²) in [5, 5.41) is 8.16. The van der Waals surface area contributed by atoms with Gasteiger partial charge in [-0.15, -0.1) is 0 Å². The van der Waals surface area contributed by atoms with Crippen LogP contribution in [0.15, 0.2) is 6.07 Å². The highest BCUT2D eigenvalue weighted by Crippen LogP contribution is 2.31. The average molecular weight is 265 g/mol. The molecule has 0 aliphatic rings. The molecule has 1 aromatic rings. The summed E-state index contributed by atoms with van der Waals surface area (Å²) >= 11 is 0. The van der Waals surface area contributed by atoms with Crippen LogP contribution >= 0.6 is 0 Å². The molecule has 3 heteroatoms. The maximum Gasteiger partial charge on any atom is 0.0596 e. The van der Waals surface area contributed by atoms with Crippen molar-refractivity contribution >= 4 is 0 Å². The van der Waals surface area contributed by atoms with Crippen LogP contribution < -0.4 is 5.32 Å². The van der Waals surface area contributed by atoms with E-state index < -0.39 is 0 Å². The van der Waals surface area contributed by atoms with Gasteiger partial charge in [-0.25, -0.2) is 0 Å². The first-order valence-corrected chi connectivity index (χ1v) is 7.67. The van der Waals surface area contributed by atoms with Gasteiger partial charge >= 0.3 is 0 Å². The molecule has 0 saturated carbocycles. The Bertz CT molecular complexity index is 381. The third-order valence-electron chi connectivity index (χ3n) is 4.22. The van der Waals surface area contributed by atoms with Crippen LogP contribution in [-0.2, 0) is 13.0 Å². The molecule has 0 aliphatic heterocycles. The lowest BCUT2D eigenvalue weighted by Gasteiger charge is -2.34. The molecule has 0 aliphatic carbocycles. The second-order valence-electron chi connectivity index (χ2n) is 6.26. The zero-order valence-corrected chi connectivity index (χ0v) is 13.6. The van der Waals surface area contributed by atoms with Crippen LogP contribution in [0, 0.1) is 18.3 Å². The molecule has 19 heavy (non-hydrogen) atoms. The summed E-state index contributed by atoms with van der Waals surface area (Å²) in [5.74, 6) is 0.650. The van der Waals surface area contributed by atoms with Crippen LogP contribution in [0.1, 0.15) is 52.4 Å². The third kappa shape index (κ3) is 4.34. The zero-order chi connectivity index (χ0) is 14.5. The Kier molecular flexibility index (Phi) is 6.05. The lowest BCUT2D eigenvalue weighted by Crippen LogP contribution is -2.38. The van der Waals surface area contributed by atoms with Crippen molar-refractivity contribution in [2.24, 2.45) is 11.3 Å². The van der Waals surface area contributed by atoms with E-state index in [0.29, 0.717) is 5.92 Å². The number of hydrogen-bond acceptors (Lipinski definition) is 2. The molecule has 1 unspecified atom stereocenters. The van der Waals surface area contributed by atoms with Crippen molar-refractivity contribution in [3.63, 3.8) is 0 Å². The van der Waals surface area contributed by atoms with Gasteiger partial charge in [0, 0.05) is 18.8 Å². The molecule has 1 N–H and O–H groups in total. The maximum atomic E-state index is 4.57. The van der Waals surface area contributed by atoms with E-state index in [-0.39, 0.29) is 5.41 Å². The standard InChI is InChI=1S/C16H31N3/c1-7-9-17-12-16(6,13(3)4)11-15-10-14(5)18-19(15)8-2/h10,13,17H,7-9,11-12H2,1-6H3. The Labute approximate surface area is 118 Å². The number of aryl methyl sites for hydroxylation is 2. The van der Waals surface area contributed by atoms with Gasteiger partial charge in [-0.3, -0.25) is 4.68 Å². The topological polar surface area (TPSA) is 29.9 Å². The third-order valence-corrected chi connectivity index (χ3v) is 4.22. The molecule has 1 aromatic heterocycles. The number of rotatable bonds is 8. The van der Waals surface area contributed by atoms with Gasteiger partial charge in [-0.05, 0) is 50.6 Å². The number of hydrogen-bond donors (Lipinski definition) is 1. The van der Waals surface area contributed by atoms with Gasteiger partial charge in [-0.2, -0.15) is 5.10 Å². The monoisotopic (exact) mass is 265 g/mol. The van der Waals surface area contributed by atoms with Crippen LogP contribution in [0.2, 0.25) is 0 Å². The van der Waals surface area contributed by atoms with Gasteiger partial charge in [0.25, 0.3) is 0 Å². The highest BCUT2D eigenvalue weighted by Gasteiger charge is 2.29. The molecule has 1 heterocycles. The number of nitrogens with one attached hydrogen (secondary N) is 1. The quantitative estimate of drug-likeness (QED) is 0.730. The van der Waals surface area contributed by atoms with E-state index in [0.717, 1.165) is 31.7 Å². The van der Waals surface area contributed by atoms with Crippen molar-refractivity contribution in [3.8, 4) is 0 Å². The average Bonchev–Trinajstić information content (AvgIpc) is 2.69. The lowest BCUT2D eigenvalue weighted by molar-refractivity contribution is 0.203. The normalized spacial score (nSPS) is 14.9. The first-order valence-electron chi connectivity index (χ1n) is 7.67. The minimum atomic E-state index is 0.286. The summed E-state index contributed by atoms with van der Waals surface area (Å²) in [4.78, 5) is 0. The van der Waals surface area contributed by atoms with Gasteiger partial charge in [0.15, 0.2) is 0 Å². The van der Waals surface area contributed by atoms with E-state index in [1.807, 2.05) is 0 Å². The molecule has 110 valence electrons. The summed E-state index contributed by atoms with van der Waals surface area (Å²) in [6.07, 6.45) is 2.29. The molecule has 1 atom stereocenters. The van der Waals surface area contributed by atoms with Crippen molar-refractivity contribution in [1.29, 1.82) is 0 Å². The molecular formula is C16H31N3. The van der Waals surface area contributed by atoms with E-state index in [9.17, 15) is 0 Å². The van der Waals surface area contributed by atoms with Gasteiger partial charge in [0.05, 0.1) is 5.69 Å². The van der Waals surface area contributed by atoms with Gasteiger partial charge in [0.2, 0.25) is 0 Å². The lowest BCUT2D eigenvalue weighted by atomic mass is 9.75. The Hall–Kier alpha value is -0.830. The molecule has 0 spiro atoms. The van der Waals surface area contributed by atoms with Crippen LogP contribution in [0.5, 0.6) is 0 Å². The molecule has 3 nitrogen and oxygen atoms in total. The molecule has 0 aromatic carbocycles. The predicted octanol–water partition coefficient (Wildman–Crippen LogP) is 3.42. The minimum Gasteiger partial charge on any atom is -0.316 e. The van der Waals surface area contributed by atoms with Crippen LogP contribution in [0.3, 0.4) is 0 Å². The Morgan fingerprint density at radius 1 is 1.37 bits per heavy atom. The highest BCUT2D eigenvalue weighted by atomic mass is 15.3.